The van der Waals surface area contributed by atoms with Crippen LogP contribution >= 0.6 is 11.6 Å². The Morgan fingerprint density at radius 3 is 2.69 bits per heavy atom. The summed E-state index contributed by atoms with van der Waals surface area (Å²) in [5.41, 5.74) is 6.74. The molecule has 8 nitrogen and oxygen atoms in total. The first-order chi connectivity index (χ1) is 12.5. The van der Waals surface area contributed by atoms with Gasteiger partial charge in [-0.1, -0.05) is 0 Å². The van der Waals surface area contributed by atoms with Crippen LogP contribution in [0.3, 0.4) is 0 Å². The van der Waals surface area contributed by atoms with Crippen LogP contribution in [0.15, 0.2) is 12.7 Å². The van der Waals surface area contributed by atoms with E-state index in [0.29, 0.717) is 11.2 Å². The van der Waals surface area contributed by atoms with Crippen molar-refractivity contribution in [3.8, 4) is 0 Å². The molecular formula is C17H22ClN5O3. The fraction of sp³-hybridized carbons (Fsp3) is 0.706. The number of ether oxygens (including phenoxy) is 1. The van der Waals surface area contributed by atoms with E-state index >= 15 is 0 Å². The maximum Gasteiger partial charge on any atom is 0.167 e. The number of nitrogens with two attached hydrogens (primary N) is 1. The number of alkyl halides is 1. The molecule has 2 aromatic rings. The molecule has 1 unspecified atom stereocenters. The van der Waals surface area contributed by atoms with Gasteiger partial charge in [-0.25, -0.2) is 15.0 Å². The third kappa shape index (κ3) is 2.22. The minimum Gasteiger partial charge on any atom is -0.387 e. The molecule has 26 heavy (non-hydrogen) atoms. The van der Waals surface area contributed by atoms with Crippen molar-refractivity contribution >= 4 is 28.6 Å². The lowest BCUT2D eigenvalue weighted by Crippen LogP contribution is -2.43. The number of anilines is 1. The number of rotatable bonds is 3. The predicted octanol–water partition coefficient (Wildman–Crippen LogP) is 1.22. The topological polar surface area (TPSA) is 119 Å². The van der Waals surface area contributed by atoms with Crippen LogP contribution in [0.2, 0.25) is 0 Å². The van der Waals surface area contributed by atoms with Crippen LogP contribution in [0.1, 0.15) is 38.3 Å². The zero-order chi connectivity index (χ0) is 18.1. The van der Waals surface area contributed by atoms with Gasteiger partial charge in [-0.2, -0.15) is 0 Å². The Balaban J connectivity index is 1.46. The lowest BCUT2D eigenvalue weighted by molar-refractivity contribution is -0.0470. The van der Waals surface area contributed by atoms with Gasteiger partial charge < -0.3 is 20.7 Å². The molecule has 0 spiro atoms. The number of nitrogens with zero attached hydrogens (tertiary/aromatic N) is 4. The molecule has 0 amide bonds. The fourth-order valence-corrected chi connectivity index (χ4v) is 5.70. The molecular weight excluding hydrogens is 358 g/mol. The van der Waals surface area contributed by atoms with E-state index in [4.69, 9.17) is 22.1 Å². The highest BCUT2D eigenvalue weighted by Crippen LogP contribution is 2.59. The molecule has 0 radical (unpaired) electrons. The van der Waals surface area contributed by atoms with E-state index in [9.17, 15) is 10.2 Å². The minimum absolute atomic E-state index is 0.0100. The van der Waals surface area contributed by atoms with Gasteiger partial charge in [0, 0.05) is 0 Å². The average Bonchev–Trinajstić information content (AvgIpc) is 3.40. The molecule has 2 bridgehead atoms. The van der Waals surface area contributed by atoms with E-state index in [1.54, 1.807) is 4.57 Å². The van der Waals surface area contributed by atoms with Crippen molar-refractivity contribution in [1.29, 1.82) is 0 Å². The number of fused-ring (bicyclic) bond motifs is 3. The third-order valence-electron chi connectivity index (χ3n) is 6.61. The van der Waals surface area contributed by atoms with Crippen LogP contribution in [-0.4, -0.2) is 53.4 Å². The summed E-state index contributed by atoms with van der Waals surface area (Å²) in [4.78, 5) is 12.3. The molecule has 2 aliphatic carbocycles. The minimum atomic E-state index is -1.12. The number of aliphatic hydroxyl groups is 2. The van der Waals surface area contributed by atoms with Gasteiger partial charge in [0.1, 0.15) is 30.2 Å². The van der Waals surface area contributed by atoms with Crippen molar-refractivity contribution in [2.45, 2.75) is 62.0 Å². The summed E-state index contributed by atoms with van der Waals surface area (Å²) in [7, 11) is 0. The third-order valence-corrected chi connectivity index (χ3v) is 7.32. The maximum absolute atomic E-state index is 10.7. The van der Waals surface area contributed by atoms with E-state index in [-0.39, 0.29) is 16.6 Å². The summed E-state index contributed by atoms with van der Waals surface area (Å²) in [5.74, 6) is 1.00. The quantitative estimate of drug-likeness (QED) is 0.686. The molecule has 5 rings (SSSR count). The summed E-state index contributed by atoms with van der Waals surface area (Å²) in [6.45, 7) is 0. The monoisotopic (exact) mass is 379 g/mol. The molecule has 140 valence electrons. The molecule has 3 heterocycles. The van der Waals surface area contributed by atoms with E-state index in [2.05, 4.69) is 15.0 Å². The zero-order valence-corrected chi connectivity index (χ0v) is 15.0. The van der Waals surface area contributed by atoms with Crippen molar-refractivity contribution in [3.63, 3.8) is 0 Å². The lowest BCUT2D eigenvalue weighted by Gasteiger charge is -2.36. The second-order valence-electron chi connectivity index (χ2n) is 7.97. The summed E-state index contributed by atoms with van der Waals surface area (Å²) in [5, 5.41) is 21.0. The van der Waals surface area contributed by atoms with E-state index < -0.39 is 24.5 Å². The zero-order valence-electron chi connectivity index (χ0n) is 14.2. The maximum atomic E-state index is 10.7. The molecule has 3 aliphatic rings. The van der Waals surface area contributed by atoms with Gasteiger partial charge in [-0.3, -0.25) is 4.57 Å². The smallest absolute Gasteiger partial charge is 0.167 e. The van der Waals surface area contributed by atoms with Gasteiger partial charge in [0.15, 0.2) is 17.7 Å². The fourth-order valence-electron chi connectivity index (χ4n) is 5.19. The van der Waals surface area contributed by atoms with Gasteiger partial charge in [0.2, 0.25) is 0 Å². The first kappa shape index (κ1) is 16.7. The Labute approximate surface area is 155 Å². The van der Waals surface area contributed by atoms with Crippen LogP contribution in [0.4, 0.5) is 5.82 Å². The molecule has 2 saturated carbocycles. The largest absolute Gasteiger partial charge is 0.387 e. The van der Waals surface area contributed by atoms with Crippen LogP contribution in [0, 0.1) is 11.3 Å². The second-order valence-corrected chi connectivity index (χ2v) is 8.44. The summed E-state index contributed by atoms with van der Waals surface area (Å²) in [6.07, 6.45) is 4.82. The van der Waals surface area contributed by atoms with Gasteiger partial charge in [0.25, 0.3) is 0 Å². The molecule has 1 saturated heterocycles. The first-order valence-corrected chi connectivity index (χ1v) is 9.52. The summed E-state index contributed by atoms with van der Waals surface area (Å²) in [6, 6.07) is 0. The number of hydrogen-bond donors (Lipinski definition) is 3. The molecule has 4 N–H and O–H groups in total. The Kier molecular flexibility index (Phi) is 3.69. The van der Waals surface area contributed by atoms with Crippen LogP contribution < -0.4 is 5.73 Å². The standard InChI is InChI=1S/C17H22ClN5O3/c18-13(17-3-1-8(5-17)2-4-17)12-10(24)11(25)16(26-12)23-7-22-9-14(19)20-6-21-15(9)23/h6-8,10-13,16,24-25H,1-5H2,(H2,19,20,21)/t8?,10-,11+,12-,13?,16+,17?/m0/s1. The van der Waals surface area contributed by atoms with Crippen LogP contribution in [0.25, 0.3) is 11.2 Å². The van der Waals surface area contributed by atoms with Gasteiger partial charge in [0.05, 0.1) is 11.7 Å². The van der Waals surface area contributed by atoms with Gasteiger partial charge in [-0.15, -0.1) is 11.6 Å². The van der Waals surface area contributed by atoms with Gasteiger partial charge in [-0.05, 0) is 43.4 Å². The highest BCUT2D eigenvalue weighted by molar-refractivity contribution is 6.21. The molecule has 5 atom stereocenters. The number of hydrogen-bond acceptors (Lipinski definition) is 7. The van der Waals surface area contributed by atoms with Crippen molar-refractivity contribution in [2.24, 2.45) is 11.3 Å². The molecule has 2 aromatic heterocycles. The van der Waals surface area contributed by atoms with Crippen molar-refractivity contribution < 1.29 is 14.9 Å². The van der Waals surface area contributed by atoms with E-state index in [1.807, 2.05) is 0 Å². The second kappa shape index (κ2) is 5.76. The Morgan fingerprint density at radius 1 is 1.23 bits per heavy atom. The number of halogens is 1. The number of nitrogen functional groups attached to an aromatic ring is 1. The molecule has 1 aliphatic heterocycles. The van der Waals surface area contributed by atoms with Crippen LogP contribution in [0.5, 0.6) is 0 Å². The highest BCUT2D eigenvalue weighted by Gasteiger charge is 2.57. The lowest BCUT2D eigenvalue weighted by atomic mass is 9.78. The average molecular weight is 380 g/mol. The Hall–Kier alpha value is -1.48. The van der Waals surface area contributed by atoms with E-state index in [0.717, 1.165) is 25.2 Å². The highest BCUT2D eigenvalue weighted by atomic mass is 35.5. The summed E-state index contributed by atoms with van der Waals surface area (Å²) < 4.78 is 7.68. The normalized spacial score (nSPS) is 40.5. The number of aromatic nitrogens is 4. The Bertz CT molecular complexity index is 837. The number of imidazole rings is 1. The number of aliphatic hydroxyl groups excluding tert-OH is 2. The van der Waals surface area contributed by atoms with Gasteiger partial charge >= 0.3 is 0 Å². The molecule has 0 aromatic carbocycles. The van der Waals surface area contributed by atoms with E-state index in [1.165, 1.54) is 25.5 Å². The van der Waals surface area contributed by atoms with Crippen molar-refractivity contribution in [1.82, 2.24) is 19.5 Å². The van der Waals surface area contributed by atoms with Crippen LogP contribution in [-0.2, 0) is 4.74 Å². The Morgan fingerprint density at radius 2 is 2.00 bits per heavy atom. The predicted molar refractivity (Wildman–Crippen MR) is 94.3 cm³/mol. The van der Waals surface area contributed by atoms with Crippen molar-refractivity contribution in [3.05, 3.63) is 12.7 Å². The summed E-state index contributed by atoms with van der Waals surface area (Å²) >= 11 is 6.84. The molecule has 3 fully saturated rings. The molecule has 9 heteroatoms. The SMILES string of the molecule is Nc1ncnc2c1ncn2[C@@H]1O[C@H](C(Cl)C23CCC(CC2)C3)[C@@H](O)[C@H]1O. The first-order valence-electron chi connectivity index (χ1n) is 9.09. The van der Waals surface area contributed by atoms with Crippen molar-refractivity contribution in [2.75, 3.05) is 5.73 Å².